The summed E-state index contributed by atoms with van der Waals surface area (Å²) >= 11 is 2.00. The minimum absolute atomic E-state index is 0.733. The van der Waals surface area contributed by atoms with Gasteiger partial charge in [-0.05, 0) is 17.5 Å². The van der Waals surface area contributed by atoms with Crippen LogP contribution in [0.15, 0.2) is 29.2 Å². The van der Waals surface area contributed by atoms with Crippen molar-refractivity contribution in [1.82, 2.24) is 0 Å². The van der Waals surface area contributed by atoms with E-state index in [-0.39, 0.29) is 0 Å². The Hall–Kier alpha value is -0.430. The molecule has 11 heavy (non-hydrogen) atoms. The minimum Gasteiger partial charge on any atom is -0.122 e. The first-order valence-electron chi connectivity index (χ1n) is 4.04. The second kappa shape index (κ2) is 2.56. The summed E-state index contributed by atoms with van der Waals surface area (Å²) < 4.78 is 0. The van der Waals surface area contributed by atoms with E-state index in [1.165, 1.54) is 10.5 Å². The lowest BCUT2D eigenvalue weighted by molar-refractivity contribution is 0.762. The first-order valence-corrected chi connectivity index (χ1v) is 4.92. The van der Waals surface area contributed by atoms with Crippen molar-refractivity contribution >= 4 is 11.8 Å². The number of hydrogen-bond acceptors (Lipinski definition) is 1. The summed E-state index contributed by atoms with van der Waals surface area (Å²) in [6, 6.07) is 8.72. The van der Waals surface area contributed by atoms with Crippen LogP contribution in [-0.2, 0) is 0 Å². The lowest BCUT2D eigenvalue weighted by atomic mass is 9.99. The number of benzene rings is 1. The van der Waals surface area contributed by atoms with E-state index in [0.717, 1.165) is 11.2 Å². The van der Waals surface area contributed by atoms with Gasteiger partial charge in [-0.3, -0.25) is 0 Å². The maximum atomic E-state index is 2.31. The summed E-state index contributed by atoms with van der Waals surface area (Å²) in [6.07, 6.45) is 0. The van der Waals surface area contributed by atoms with Crippen LogP contribution in [-0.4, -0.2) is 5.25 Å². The summed E-state index contributed by atoms with van der Waals surface area (Å²) in [4.78, 5) is 1.48. The van der Waals surface area contributed by atoms with Crippen LogP contribution < -0.4 is 0 Å². The van der Waals surface area contributed by atoms with E-state index in [1.54, 1.807) is 0 Å². The van der Waals surface area contributed by atoms with Crippen LogP contribution in [0.25, 0.3) is 0 Å². The lowest BCUT2D eigenvalue weighted by Crippen LogP contribution is -1.99. The van der Waals surface area contributed by atoms with Crippen molar-refractivity contribution < 1.29 is 0 Å². The second-order valence-corrected chi connectivity index (χ2v) is 4.57. The van der Waals surface area contributed by atoms with Crippen molar-refractivity contribution in [2.75, 3.05) is 0 Å². The van der Waals surface area contributed by atoms with Gasteiger partial charge in [0.1, 0.15) is 0 Å². The Kier molecular flexibility index (Phi) is 1.68. The van der Waals surface area contributed by atoms with E-state index in [2.05, 4.69) is 38.1 Å². The van der Waals surface area contributed by atoms with Crippen molar-refractivity contribution in [1.29, 1.82) is 0 Å². The van der Waals surface area contributed by atoms with Crippen molar-refractivity contribution in [3.8, 4) is 0 Å². The Balaban J connectivity index is 2.47. The molecule has 1 heteroatoms. The average Bonchev–Trinajstić information content (AvgIpc) is 2.30. The fourth-order valence-corrected chi connectivity index (χ4v) is 2.82. The van der Waals surface area contributed by atoms with E-state index < -0.39 is 0 Å². The molecule has 0 amide bonds. The van der Waals surface area contributed by atoms with Gasteiger partial charge in [-0.25, -0.2) is 0 Å². The average molecular weight is 164 g/mol. The summed E-state index contributed by atoms with van der Waals surface area (Å²) in [5, 5.41) is 0.757. The molecular formula is C10H12S. The Bertz CT molecular complexity index is 267. The van der Waals surface area contributed by atoms with Gasteiger partial charge in [-0.2, -0.15) is 0 Å². The molecule has 1 aromatic carbocycles. The standard InChI is InChI=1S/C10H12S/c1-7-8(2)11-10-6-4-3-5-9(7)10/h3-8H,1-2H3/t7-,8+/m1/s1. The van der Waals surface area contributed by atoms with Crippen LogP contribution >= 0.6 is 11.8 Å². The van der Waals surface area contributed by atoms with Gasteiger partial charge in [0.25, 0.3) is 0 Å². The molecule has 0 unspecified atom stereocenters. The third kappa shape index (κ3) is 1.08. The quantitative estimate of drug-likeness (QED) is 0.567. The molecule has 0 fully saturated rings. The van der Waals surface area contributed by atoms with Crippen LogP contribution in [0.3, 0.4) is 0 Å². The Morgan fingerprint density at radius 1 is 1.18 bits per heavy atom. The number of fused-ring (bicyclic) bond motifs is 1. The molecule has 1 heterocycles. The molecule has 0 nitrogen and oxygen atoms in total. The minimum atomic E-state index is 0.733. The van der Waals surface area contributed by atoms with E-state index in [1.807, 2.05) is 11.8 Å². The molecule has 2 atom stereocenters. The van der Waals surface area contributed by atoms with Gasteiger partial charge in [-0.15, -0.1) is 11.8 Å². The van der Waals surface area contributed by atoms with Gasteiger partial charge in [0.2, 0.25) is 0 Å². The van der Waals surface area contributed by atoms with Gasteiger partial charge < -0.3 is 0 Å². The molecule has 0 aromatic heterocycles. The largest absolute Gasteiger partial charge is 0.122 e. The first kappa shape index (κ1) is 7.23. The topological polar surface area (TPSA) is 0 Å². The highest BCUT2D eigenvalue weighted by molar-refractivity contribution is 8.00. The number of hydrogen-bond donors (Lipinski definition) is 0. The van der Waals surface area contributed by atoms with Crippen molar-refractivity contribution in [3.05, 3.63) is 29.8 Å². The van der Waals surface area contributed by atoms with Gasteiger partial charge >= 0.3 is 0 Å². The number of rotatable bonds is 0. The smallest absolute Gasteiger partial charge is 0.0133 e. The monoisotopic (exact) mass is 164 g/mol. The van der Waals surface area contributed by atoms with Crippen LogP contribution in [0, 0.1) is 0 Å². The molecule has 0 bridgehead atoms. The first-order chi connectivity index (χ1) is 5.29. The highest BCUT2D eigenvalue weighted by Gasteiger charge is 2.25. The zero-order valence-corrected chi connectivity index (χ0v) is 7.69. The van der Waals surface area contributed by atoms with Gasteiger partial charge in [0, 0.05) is 10.1 Å². The fourth-order valence-electron chi connectivity index (χ4n) is 1.52. The highest BCUT2D eigenvalue weighted by Crippen LogP contribution is 2.44. The third-order valence-corrected chi connectivity index (χ3v) is 3.83. The molecule has 1 aliphatic heterocycles. The van der Waals surface area contributed by atoms with Gasteiger partial charge in [0.15, 0.2) is 0 Å². The summed E-state index contributed by atoms with van der Waals surface area (Å²) in [6.45, 7) is 4.61. The van der Waals surface area contributed by atoms with E-state index in [4.69, 9.17) is 0 Å². The molecule has 0 radical (unpaired) electrons. The van der Waals surface area contributed by atoms with Crippen molar-refractivity contribution in [2.24, 2.45) is 0 Å². The molecule has 1 aliphatic rings. The Morgan fingerprint density at radius 2 is 1.91 bits per heavy atom. The molecule has 0 aliphatic carbocycles. The fraction of sp³-hybridized carbons (Fsp3) is 0.400. The predicted molar refractivity (Wildman–Crippen MR) is 50.2 cm³/mol. The number of thioether (sulfide) groups is 1. The molecule has 0 N–H and O–H groups in total. The molecular weight excluding hydrogens is 152 g/mol. The normalized spacial score (nSPS) is 28.5. The van der Waals surface area contributed by atoms with E-state index >= 15 is 0 Å². The third-order valence-electron chi connectivity index (χ3n) is 2.43. The SMILES string of the molecule is C[C@@H]1Sc2ccccc2[C@@H]1C. The molecule has 58 valence electrons. The maximum absolute atomic E-state index is 2.31. The highest BCUT2D eigenvalue weighted by atomic mass is 32.2. The molecule has 2 rings (SSSR count). The van der Waals surface area contributed by atoms with Crippen molar-refractivity contribution in [3.63, 3.8) is 0 Å². The predicted octanol–water partition coefficient (Wildman–Crippen LogP) is 3.28. The molecule has 0 spiro atoms. The van der Waals surface area contributed by atoms with Crippen LogP contribution in [0.4, 0.5) is 0 Å². The van der Waals surface area contributed by atoms with E-state index in [9.17, 15) is 0 Å². The van der Waals surface area contributed by atoms with Crippen LogP contribution in [0.2, 0.25) is 0 Å². The zero-order chi connectivity index (χ0) is 7.84. The molecule has 1 aromatic rings. The summed E-state index contributed by atoms with van der Waals surface area (Å²) in [7, 11) is 0. The summed E-state index contributed by atoms with van der Waals surface area (Å²) in [5.74, 6) is 0.733. The lowest BCUT2D eigenvalue weighted by Gasteiger charge is -2.06. The van der Waals surface area contributed by atoms with E-state index in [0.29, 0.717) is 0 Å². The van der Waals surface area contributed by atoms with Gasteiger partial charge in [-0.1, -0.05) is 32.0 Å². The summed E-state index contributed by atoms with van der Waals surface area (Å²) in [5.41, 5.74) is 1.53. The Labute approximate surface area is 72.0 Å². The van der Waals surface area contributed by atoms with Gasteiger partial charge in [0.05, 0.1) is 0 Å². The van der Waals surface area contributed by atoms with Crippen LogP contribution in [0.1, 0.15) is 25.3 Å². The van der Waals surface area contributed by atoms with Crippen LogP contribution in [0.5, 0.6) is 0 Å². The molecule has 0 saturated carbocycles. The van der Waals surface area contributed by atoms with Crippen molar-refractivity contribution in [2.45, 2.75) is 29.9 Å². The molecule has 0 saturated heterocycles. The zero-order valence-electron chi connectivity index (χ0n) is 6.87. The second-order valence-electron chi connectivity index (χ2n) is 3.15. The Morgan fingerprint density at radius 3 is 2.64 bits per heavy atom. The maximum Gasteiger partial charge on any atom is 0.0133 e.